The first-order chi connectivity index (χ1) is 8.22. The van der Waals surface area contributed by atoms with Crippen LogP contribution in [-0.4, -0.2) is 16.9 Å². The molecular formula is C11H10ClN2O3+. The van der Waals surface area contributed by atoms with Gasteiger partial charge in [0.15, 0.2) is 0 Å². The Balaban J connectivity index is 2.34. The number of nitrogens with zero attached hydrogens (tertiary/aromatic N) is 1. The van der Waals surface area contributed by atoms with Crippen LogP contribution in [0.1, 0.15) is 16.1 Å². The fourth-order valence-electron chi connectivity index (χ4n) is 1.51. The van der Waals surface area contributed by atoms with E-state index in [1.165, 1.54) is 4.68 Å². The summed E-state index contributed by atoms with van der Waals surface area (Å²) in [5.74, 6) is -0.713. The van der Waals surface area contributed by atoms with Crippen molar-refractivity contribution in [3.63, 3.8) is 0 Å². The van der Waals surface area contributed by atoms with E-state index >= 15 is 0 Å². The second kappa shape index (κ2) is 4.97. The van der Waals surface area contributed by atoms with Crippen LogP contribution in [0.25, 0.3) is 0 Å². The first-order valence-electron chi connectivity index (χ1n) is 4.96. The van der Waals surface area contributed by atoms with E-state index in [4.69, 9.17) is 11.6 Å². The van der Waals surface area contributed by atoms with Crippen molar-refractivity contribution in [1.82, 2.24) is 5.27 Å². The largest absolute Gasteiger partial charge is 0.438 e. The molecule has 0 aliphatic heterocycles. The summed E-state index contributed by atoms with van der Waals surface area (Å²) in [5, 5.41) is 2.39. The van der Waals surface area contributed by atoms with Gasteiger partial charge < -0.3 is 0 Å². The molecule has 0 saturated heterocycles. The maximum Gasteiger partial charge on any atom is 0.438 e. The Morgan fingerprint density at radius 3 is 2.71 bits per heavy atom. The predicted molar refractivity (Wildman–Crippen MR) is 60.1 cm³/mol. The van der Waals surface area contributed by atoms with Crippen LogP contribution in [-0.2, 0) is 6.54 Å². The molecular weight excluding hydrogens is 244 g/mol. The Hall–Kier alpha value is -1.88. The third-order valence-corrected chi connectivity index (χ3v) is 2.52. The number of hydrogen-bond donors (Lipinski definition) is 1. The zero-order chi connectivity index (χ0) is 12.3. The third-order valence-electron chi connectivity index (χ3n) is 2.28. The standard InChI is InChI=1S/C11H9ClN2O3/c12-6-9(15)10-11(16)17-13-14(10)7-8-4-2-1-3-5-8/h1-5H,6-7H2/p+1. The number of carbonyl (C=O) groups is 1. The SMILES string of the molecule is O=C(CCl)c1c(=O)o[nH][n+]1Cc1ccccc1. The number of Topliss-reactive ketones (excluding diaryl/α,β-unsaturated/α-hetero) is 1. The first kappa shape index (κ1) is 11.6. The Kier molecular flexibility index (Phi) is 3.39. The molecule has 0 spiro atoms. The minimum absolute atomic E-state index is 0.0659. The van der Waals surface area contributed by atoms with E-state index in [-0.39, 0.29) is 11.6 Å². The van der Waals surface area contributed by atoms with E-state index in [1.807, 2.05) is 30.3 Å². The van der Waals surface area contributed by atoms with Gasteiger partial charge in [-0.15, -0.1) is 11.6 Å². The van der Waals surface area contributed by atoms with E-state index < -0.39 is 11.4 Å². The van der Waals surface area contributed by atoms with Crippen molar-refractivity contribution in [2.24, 2.45) is 0 Å². The molecule has 1 N–H and O–H groups in total. The van der Waals surface area contributed by atoms with Gasteiger partial charge in [-0.05, 0) is 5.27 Å². The van der Waals surface area contributed by atoms with Crippen LogP contribution in [0.5, 0.6) is 0 Å². The number of H-pyrrole nitrogens is 1. The highest BCUT2D eigenvalue weighted by Gasteiger charge is 2.27. The second-order valence-electron chi connectivity index (χ2n) is 3.46. The zero-order valence-corrected chi connectivity index (χ0v) is 9.61. The number of carbonyl (C=O) groups excluding carboxylic acids is 1. The lowest BCUT2D eigenvalue weighted by atomic mass is 10.2. The van der Waals surface area contributed by atoms with E-state index in [9.17, 15) is 9.59 Å². The molecule has 6 heteroatoms. The number of aromatic nitrogens is 2. The highest BCUT2D eigenvalue weighted by atomic mass is 35.5. The Morgan fingerprint density at radius 2 is 2.06 bits per heavy atom. The number of alkyl halides is 1. The quantitative estimate of drug-likeness (QED) is 0.496. The summed E-state index contributed by atoms with van der Waals surface area (Å²) < 4.78 is 5.94. The van der Waals surface area contributed by atoms with Crippen LogP contribution in [0.15, 0.2) is 39.6 Å². The van der Waals surface area contributed by atoms with Gasteiger partial charge >= 0.3 is 11.3 Å². The van der Waals surface area contributed by atoms with Crippen LogP contribution >= 0.6 is 11.6 Å². The smallest absolute Gasteiger partial charge is 0.286 e. The van der Waals surface area contributed by atoms with Gasteiger partial charge in [0.05, 0.1) is 5.88 Å². The van der Waals surface area contributed by atoms with Crippen LogP contribution < -0.4 is 10.3 Å². The van der Waals surface area contributed by atoms with Gasteiger partial charge in [0.2, 0.25) is 6.54 Å². The number of nitrogens with one attached hydrogen (secondary N) is 1. The molecule has 0 amide bonds. The number of rotatable bonds is 4. The van der Waals surface area contributed by atoms with E-state index in [0.717, 1.165) is 5.56 Å². The van der Waals surface area contributed by atoms with Gasteiger partial charge in [0.1, 0.15) is 0 Å². The third kappa shape index (κ3) is 2.45. The molecule has 0 saturated carbocycles. The molecule has 5 nitrogen and oxygen atoms in total. The fraction of sp³-hybridized carbons (Fsp3) is 0.182. The zero-order valence-electron chi connectivity index (χ0n) is 8.85. The Bertz CT molecular complexity index is 574. The first-order valence-corrected chi connectivity index (χ1v) is 5.50. The average molecular weight is 254 g/mol. The molecule has 1 heterocycles. The summed E-state index contributed by atoms with van der Waals surface area (Å²) in [7, 11) is 0. The molecule has 0 aliphatic carbocycles. The molecule has 2 aromatic rings. The number of aromatic amines is 1. The highest BCUT2D eigenvalue weighted by Crippen LogP contribution is 1.98. The molecule has 0 atom stereocenters. The summed E-state index contributed by atoms with van der Waals surface area (Å²) in [6, 6.07) is 9.39. The lowest BCUT2D eigenvalue weighted by Crippen LogP contribution is -2.44. The molecule has 2 rings (SSSR count). The topological polar surface area (TPSA) is 67.0 Å². The Labute approximate surface area is 102 Å². The van der Waals surface area contributed by atoms with Crippen molar-refractivity contribution in [1.29, 1.82) is 0 Å². The summed E-state index contributed by atoms with van der Waals surface area (Å²) in [6.07, 6.45) is 0. The summed E-state index contributed by atoms with van der Waals surface area (Å²) in [4.78, 5) is 22.8. The van der Waals surface area contributed by atoms with Crippen molar-refractivity contribution in [2.45, 2.75) is 6.54 Å². The van der Waals surface area contributed by atoms with Crippen molar-refractivity contribution in [3.8, 4) is 0 Å². The maximum atomic E-state index is 11.5. The predicted octanol–water partition coefficient (Wildman–Crippen LogP) is 0.725. The minimum atomic E-state index is -0.702. The minimum Gasteiger partial charge on any atom is -0.286 e. The number of ketones is 1. The van der Waals surface area contributed by atoms with Crippen LogP contribution in [0.4, 0.5) is 0 Å². The lowest BCUT2D eigenvalue weighted by molar-refractivity contribution is -0.756. The molecule has 1 aromatic carbocycles. The molecule has 0 fully saturated rings. The van der Waals surface area contributed by atoms with Gasteiger partial charge in [-0.3, -0.25) is 9.32 Å². The van der Waals surface area contributed by atoms with Crippen LogP contribution in [0.3, 0.4) is 0 Å². The van der Waals surface area contributed by atoms with Crippen molar-refractivity contribution in [2.75, 3.05) is 5.88 Å². The lowest BCUT2D eigenvalue weighted by Gasteiger charge is -1.94. The van der Waals surface area contributed by atoms with Crippen LogP contribution in [0, 0.1) is 0 Å². The summed E-state index contributed by atoms with van der Waals surface area (Å²) >= 11 is 5.43. The molecule has 0 aliphatic rings. The van der Waals surface area contributed by atoms with Crippen LogP contribution in [0.2, 0.25) is 0 Å². The summed E-state index contributed by atoms with van der Waals surface area (Å²) in [5.41, 5.74) is 0.175. The highest BCUT2D eigenvalue weighted by molar-refractivity contribution is 6.29. The normalized spacial score (nSPS) is 10.4. The van der Waals surface area contributed by atoms with E-state index in [2.05, 4.69) is 9.79 Å². The Morgan fingerprint density at radius 1 is 1.35 bits per heavy atom. The molecule has 17 heavy (non-hydrogen) atoms. The molecule has 1 aromatic heterocycles. The maximum absolute atomic E-state index is 11.5. The summed E-state index contributed by atoms with van der Waals surface area (Å²) in [6.45, 7) is 0.352. The van der Waals surface area contributed by atoms with E-state index in [0.29, 0.717) is 6.54 Å². The van der Waals surface area contributed by atoms with Gasteiger partial charge in [-0.1, -0.05) is 35.0 Å². The average Bonchev–Trinajstić information content (AvgIpc) is 2.71. The molecule has 0 unspecified atom stereocenters. The molecule has 88 valence electrons. The van der Waals surface area contributed by atoms with Crippen molar-refractivity contribution >= 4 is 17.4 Å². The number of halogens is 1. The van der Waals surface area contributed by atoms with Gasteiger partial charge in [-0.2, -0.15) is 0 Å². The van der Waals surface area contributed by atoms with Gasteiger partial charge in [-0.25, -0.2) is 4.79 Å². The van der Waals surface area contributed by atoms with E-state index in [1.54, 1.807) is 0 Å². The van der Waals surface area contributed by atoms with Gasteiger partial charge in [0, 0.05) is 5.56 Å². The second-order valence-corrected chi connectivity index (χ2v) is 3.73. The molecule has 0 bridgehead atoms. The van der Waals surface area contributed by atoms with Crippen molar-refractivity contribution < 1.29 is 14.0 Å². The van der Waals surface area contributed by atoms with Gasteiger partial charge in [0.25, 0.3) is 5.78 Å². The monoisotopic (exact) mass is 253 g/mol. The van der Waals surface area contributed by atoms with Crippen molar-refractivity contribution in [3.05, 3.63) is 52.0 Å². The molecule has 0 radical (unpaired) electrons. The number of hydrogen-bond acceptors (Lipinski definition) is 3. The number of benzene rings is 1. The fourth-order valence-corrected chi connectivity index (χ4v) is 1.63.